The van der Waals surface area contributed by atoms with Crippen LogP contribution in [-0.2, 0) is 4.79 Å². The van der Waals surface area contributed by atoms with Gasteiger partial charge in [0.25, 0.3) is 11.8 Å². The SMILES string of the molecule is CN(C)C/C=C/C(=O)Nc1cccc(C(=O)Nc2cccc(Nc3ncc(Cl)c(-n4cc(C(N)=O)c5ccccc54)n3)c2)c1. The van der Waals surface area contributed by atoms with Gasteiger partial charge in [-0.2, -0.15) is 4.98 Å². The number of nitrogens with two attached hydrogens (primary N) is 1. The Morgan fingerprint density at radius 2 is 1.68 bits per heavy atom. The Balaban J connectivity index is 1.31. The number of hydrogen-bond acceptors (Lipinski definition) is 7. The number of hydrogen-bond donors (Lipinski definition) is 4. The van der Waals surface area contributed by atoms with Crippen LogP contribution in [0.25, 0.3) is 16.7 Å². The molecule has 11 nitrogen and oxygen atoms in total. The van der Waals surface area contributed by atoms with Crippen molar-refractivity contribution in [2.75, 3.05) is 36.6 Å². The van der Waals surface area contributed by atoms with E-state index >= 15 is 0 Å². The topological polar surface area (TPSA) is 147 Å². The highest BCUT2D eigenvalue weighted by Crippen LogP contribution is 2.28. The van der Waals surface area contributed by atoms with Crippen LogP contribution in [0.1, 0.15) is 20.7 Å². The van der Waals surface area contributed by atoms with Gasteiger partial charge in [0, 0.05) is 46.8 Å². The number of benzene rings is 3. The van der Waals surface area contributed by atoms with Crippen molar-refractivity contribution in [1.29, 1.82) is 0 Å². The molecule has 3 aromatic carbocycles. The number of nitrogens with zero attached hydrogens (tertiary/aromatic N) is 4. The molecule has 0 aliphatic carbocycles. The highest BCUT2D eigenvalue weighted by atomic mass is 35.5. The maximum atomic E-state index is 13.0. The van der Waals surface area contributed by atoms with Crippen LogP contribution in [0, 0.1) is 0 Å². The van der Waals surface area contributed by atoms with Crippen LogP contribution in [-0.4, -0.2) is 57.8 Å². The van der Waals surface area contributed by atoms with E-state index in [1.165, 1.54) is 12.3 Å². The standard InChI is InChI=1S/C32H29ClN8O3/c1-40(2)15-7-14-28(42)36-21-9-5-8-20(16-21)31(44)37-22-10-6-11-23(17-22)38-32-35-18-26(33)30(39-32)41-19-25(29(34)43)24-12-3-4-13-27(24)41/h3-14,16-19H,15H2,1-2H3,(H2,34,43)(H,36,42)(H,37,44)(H,35,38,39)/b14-7+. The number of halogens is 1. The summed E-state index contributed by atoms with van der Waals surface area (Å²) >= 11 is 6.47. The lowest BCUT2D eigenvalue weighted by Gasteiger charge is -2.12. The number of nitrogens with one attached hydrogen (secondary N) is 3. The maximum absolute atomic E-state index is 13.0. The van der Waals surface area contributed by atoms with Crippen LogP contribution in [0.2, 0.25) is 5.02 Å². The molecule has 0 aliphatic heterocycles. The lowest BCUT2D eigenvalue weighted by molar-refractivity contribution is -0.111. The Labute approximate surface area is 258 Å². The lowest BCUT2D eigenvalue weighted by atomic mass is 10.1. The summed E-state index contributed by atoms with van der Waals surface area (Å²) in [4.78, 5) is 48.1. The van der Waals surface area contributed by atoms with E-state index in [1.807, 2.05) is 37.2 Å². The molecule has 0 fully saturated rings. The fourth-order valence-electron chi connectivity index (χ4n) is 4.44. The number of primary amides is 1. The molecule has 3 amide bonds. The minimum Gasteiger partial charge on any atom is -0.366 e. The van der Waals surface area contributed by atoms with Gasteiger partial charge in [0.05, 0.1) is 17.3 Å². The number of rotatable bonds is 10. The molecule has 0 unspecified atom stereocenters. The van der Waals surface area contributed by atoms with Gasteiger partial charge in [-0.25, -0.2) is 4.98 Å². The second kappa shape index (κ2) is 13.2. The molecule has 0 radical (unpaired) electrons. The van der Waals surface area contributed by atoms with E-state index in [9.17, 15) is 14.4 Å². The monoisotopic (exact) mass is 608 g/mol. The molecule has 2 heterocycles. The summed E-state index contributed by atoms with van der Waals surface area (Å²) in [6.07, 6.45) is 6.27. The van der Waals surface area contributed by atoms with E-state index in [2.05, 4.69) is 25.9 Å². The summed E-state index contributed by atoms with van der Waals surface area (Å²) < 4.78 is 1.69. The van der Waals surface area contributed by atoms with Gasteiger partial charge in [-0.15, -0.1) is 0 Å². The number of amides is 3. The highest BCUT2D eigenvalue weighted by molar-refractivity contribution is 6.32. The second-order valence-electron chi connectivity index (χ2n) is 10.1. The average molecular weight is 609 g/mol. The predicted molar refractivity (Wildman–Crippen MR) is 173 cm³/mol. The van der Waals surface area contributed by atoms with Crippen molar-refractivity contribution in [1.82, 2.24) is 19.4 Å². The number of anilines is 4. The van der Waals surface area contributed by atoms with E-state index in [0.29, 0.717) is 51.5 Å². The quantitative estimate of drug-likeness (QED) is 0.159. The van der Waals surface area contributed by atoms with Crippen LogP contribution in [0.3, 0.4) is 0 Å². The summed E-state index contributed by atoms with van der Waals surface area (Å²) in [5.41, 5.74) is 8.66. The summed E-state index contributed by atoms with van der Waals surface area (Å²) in [5, 5.41) is 9.72. The smallest absolute Gasteiger partial charge is 0.255 e. The van der Waals surface area contributed by atoms with E-state index in [4.69, 9.17) is 17.3 Å². The van der Waals surface area contributed by atoms with Crippen molar-refractivity contribution in [3.63, 3.8) is 0 Å². The van der Waals surface area contributed by atoms with E-state index in [0.717, 1.165) is 0 Å². The third-order valence-electron chi connectivity index (χ3n) is 6.44. The fourth-order valence-corrected chi connectivity index (χ4v) is 4.62. The molecular weight excluding hydrogens is 580 g/mol. The van der Waals surface area contributed by atoms with Crippen LogP contribution < -0.4 is 21.7 Å². The zero-order valence-corrected chi connectivity index (χ0v) is 24.7. The molecule has 0 spiro atoms. The Bertz CT molecular complexity index is 1900. The minimum absolute atomic E-state index is 0.245. The van der Waals surface area contributed by atoms with Crippen molar-refractivity contribution in [2.24, 2.45) is 5.73 Å². The van der Waals surface area contributed by atoms with Gasteiger partial charge < -0.3 is 26.6 Å². The summed E-state index contributed by atoms with van der Waals surface area (Å²) in [5.74, 6) is -0.594. The van der Waals surface area contributed by atoms with Crippen molar-refractivity contribution >= 4 is 63.2 Å². The van der Waals surface area contributed by atoms with Crippen LogP contribution in [0.15, 0.2) is 97.3 Å². The molecule has 0 saturated heterocycles. The number of aromatic nitrogens is 3. The van der Waals surface area contributed by atoms with Gasteiger partial charge in [0.1, 0.15) is 5.02 Å². The molecular formula is C32H29ClN8O3. The number of fused-ring (bicyclic) bond motifs is 1. The van der Waals surface area contributed by atoms with Gasteiger partial charge >= 0.3 is 0 Å². The largest absolute Gasteiger partial charge is 0.366 e. The Morgan fingerprint density at radius 1 is 0.955 bits per heavy atom. The third kappa shape index (κ3) is 7.09. The summed E-state index contributed by atoms with van der Waals surface area (Å²) in [7, 11) is 3.82. The van der Waals surface area contributed by atoms with E-state index < -0.39 is 5.91 Å². The zero-order chi connectivity index (χ0) is 31.2. The molecule has 5 aromatic rings. The number of carbonyl (C=O) groups is 3. The van der Waals surface area contributed by atoms with Gasteiger partial charge in [-0.05, 0) is 56.6 Å². The molecule has 0 saturated carbocycles. The molecule has 0 aliphatic rings. The van der Waals surface area contributed by atoms with Crippen LogP contribution in [0.4, 0.5) is 23.0 Å². The zero-order valence-electron chi connectivity index (χ0n) is 23.9. The molecule has 2 aromatic heterocycles. The second-order valence-corrected chi connectivity index (χ2v) is 10.5. The van der Waals surface area contributed by atoms with Gasteiger partial charge in [0.2, 0.25) is 11.9 Å². The minimum atomic E-state index is -0.563. The number of para-hydroxylation sites is 1. The van der Waals surface area contributed by atoms with Gasteiger partial charge in [-0.1, -0.05) is 48.0 Å². The first-order valence-corrected chi connectivity index (χ1v) is 13.9. The lowest BCUT2D eigenvalue weighted by Crippen LogP contribution is -2.14. The molecule has 222 valence electrons. The molecule has 44 heavy (non-hydrogen) atoms. The van der Waals surface area contributed by atoms with Crippen molar-refractivity contribution in [3.05, 3.63) is 113 Å². The van der Waals surface area contributed by atoms with Crippen molar-refractivity contribution < 1.29 is 14.4 Å². The Kier molecular flexibility index (Phi) is 8.98. The summed E-state index contributed by atoms with van der Waals surface area (Å²) in [6.45, 7) is 0.636. The van der Waals surface area contributed by atoms with E-state index in [-0.39, 0.29) is 22.8 Å². The fraction of sp³-hybridized carbons (Fsp3) is 0.0938. The van der Waals surface area contributed by atoms with Gasteiger partial charge in [0.15, 0.2) is 5.82 Å². The van der Waals surface area contributed by atoms with Crippen LogP contribution >= 0.6 is 11.6 Å². The molecule has 5 N–H and O–H groups in total. The predicted octanol–water partition coefficient (Wildman–Crippen LogP) is 5.23. The highest BCUT2D eigenvalue weighted by Gasteiger charge is 2.17. The first kappa shape index (κ1) is 30.0. The molecule has 0 bridgehead atoms. The number of likely N-dealkylation sites (N-methyl/N-ethyl adjacent to an activating group) is 1. The molecule has 5 rings (SSSR count). The van der Waals surface area contributed by atoms with Gasteiger partial charge in [-0.3, -0.25) is 19.0 Å². The third-order valence-corrected chi connectivity index (χ3v) is 6.71. The average Bonchev–Trinajstić information content (AvgIpc) is 3.38. The normalized spacial score (nSPS) is 11.2. The summed E-state index contributed by atoms with van der Waals surface area (Å²) in [6, 6.07) is 21.0. The Hall–Kier alpha value is -5.52. The van der Waals surface area contributed by atoms with Crippen molar-refractivity contribution in [3.8, 4) is 5.82 Å². The molecule has 0 atom stereocenters. The maximum Gasteiger partial charge on any atom is 0.255 e. The Morgan fingerprint density at radius 3 is 2.45 bits per heavy atom. The number of carbonyl (C=O) groups excluding carboxylic acids is 3. The van der Waals surface area contributed by atoms with E-state index in [1.54, 1.807) is 71.4 Å². The first-order chi connectivity index (χ1) is 21.2. The molecule has 12 heteroatoms. The van der Waals surface area contributed by atoms with Crippen LogP contribution in [0.5, 0.6) is 0 Å². The van der Waals surface area contributed by atoms with Crippen molar-refractivity contribution in [2.45, 2.75) is 0 Å². The first-order valence-electron chi connectivity index (χ1n) is 13.5.